The van der Waals surface area contributed by atoms with Gasteiger partial charge in [-0.05, 0) is 53.6 Å². The first-order valence-corrected chi connectivity index (χ1v) is 13.9. The number of aromatic nitrogens is 1. The van der Waals surface area contributed by atoms with Crippen molar-refractivity contribution in [3.8, 4) is 39.4 Å². The number of benzene rings is 6. The Kier molecular flexibility index (Phi) is 3.98. The molecule has 0 unspecified atom stereocenters. The number of hydrogen-bond donors (Lipinski definition) is 0. The van der Waals surface area contributed by atoms with Crippen molar-refractivity contribution in [1.82, 2.24) is 4.57 Å². The van der Waals surface area contributed by atoms with Crippen LogP contribution in [0.1, 0.15) is 0 Å². The van der Waals surface area contributed by atoms with Crippen molar-refractivity contribution in [3.63, 3.8) is 0 Å². The first kappa shape index (κ1) is 21.4. The molecule has 0 atom stereocenters. The zero-order chi connectivity index (χ0) is 26.7. The number of para-hydroxylation sites is 4. The van der Waals surface area contributed by atoms with E-state index in [4.69, 9.17) is 13.7 Å². The van der Waals surface area contributed by atoms with Crippen molar-refractivity contribution >= 4 is 56.3 Å². The second-order valence-electron chi connectivity index (χ2n) is 10.8. The largest absolute Gasteiger partial charge is 0.633 e. The molecule has 8 aromatic rings. The van der Waals surface area contributed by atoms with E-state index in [1.54, 1.807) is 0 Å². The van der Waals surface area contributed by atoms with Gasteiger partial charge in [-0.25, -0.2) is 0 Å². The molecule has 0 saturated heterocycles. The fourth-order valence-corrected chi connectivity index (χ4v) is 6.92. The maximum atomic E-state index is 6.61. The van der Waals surface area contributed by atoms with Crippen LogP contribution in [-0.4, -0.2) is 11.7 Å². The molecule has 2 aliphatic rings. The minimum atomic E-state index is -0.501. The SMILES string of the molecule is c1ccc2c(c1)OB1Oc3ccccc3-c3cc(-n4c5ccccc5c5ccc6c7ccccc7oc6c54)cc-2c31. The Balaban J connectivity index is 1.39. The van der Waals surface area contributed by atoms with Crippen LogP contribution < -0.4 is 14.8 Å². The molecule has 4 heterocycles. The highest BCUT2D eigenvalue weighted by atomic mass is 16.6. The lowest BCUT2D eigenvalue weighted by atomic mass is 9.66. The van der Waals surface area contributed by atoms with E-state index >= 15 is 0 Å². The van der Waals surface area contributed by atoms with Crippen LogP contribution in [0.25, 0.3) is 71.7 Å². The molecular formula is C36H20BNO3. The van der Waals surface area contributed by atoms with Gasteiger partial charge in [-0.2, -0.15) is 0 Å². The summed E-state index contributed by atoms with van der Waals surface area (Å²) in [6.45, 7) is 0. The van der Waals surface area contributed by atoms with Crippen molar-refractivity contribution in [2.45, 2.75) is 0 Å². The number of furan rings is 1. The monoisotopic (exact) mass is 525 g/mol. The molecule has 2 aliphatic heterocycles. The molecule has 5 heteroatoms. The quantitative estimate of drug-likeness (QED) is 0.202. The standard InChI is InChI=1S/C36H20BNO3/c1-5-13-30-22(9-1)26-17-18-27-23-10-2-6-14-31(23)39-36(27)35(26)38(30)21-19-28-24-11-3-7-15-32(24)40-37-34(28)29(20-21)25-12-4-8-16-33(25)41-37/h1-20H. The van der Waals surface area contributed by atoms with Crippen molar-refractivity contribution in [1.29, 1.82) is 0 Å². The molecule has 0 saturated carbocycles. The Hall–Kier alpha value is -5.42. The van der Waals surface area contributed by atoms with E-state index in [1.807, 2.05) is 36.4 Å². The Morgan fingerprint density at radius 1 is 0.512 bits per heavy atom. The summed E-state index contributed by atoms with van der Waals surface area (Å²) >= 11 is 0. The Labute approximate surface area is 235 Å². The maximum Gasteiger partial charge on any atom is 0.633 e. The predicted molar refractivity (Wildman–Crippen MR) is 166 cm³/mol. The average Bonchev–Trinajstić information content (AvgIpc) is 3.57. The number of nitrogens with zero attached hydrogens (tertiary/aromatic N) is 1. The van der Waals surface area contributed by atoms with E-state index in [-0.39, 0.29) is 0 Å². The summed E-state index contributed by atoms with van der Waals surface area (Å²) in [7, 11) is -0.501. The number of rotatable bonds is 1. The minimum Gasteiger partial charge on any atom is -0.521 e. The minimum absolute atomic E-state index is 0.501. The highest BCUT2D eigenvalue weighted by molar-refractivity contribution is 6.68. The summed E-state index contributed by atoms with van der Waals surface area (Å²) in [5, 5.41) is 4.61. The van der Waals surface area contributed by atoms with Gasteiger partial charge >= 0.3 is 7.12 Å². The van der Waals surface area contributed by atoms with Gasteiger partial charge in [0.15, 0.2) is 5.58 Å². The molecule has 10 rings (SSSR count). The molecule has 41 heavy (non-hydrogen) atoms. The van der Waals surface area contributed by atoms with Crippen molar-refractivity contribution < 1.29 is 13.7 Å². The molecular weight excluding hydrogens is 505 g/mol. The zero-order valence-electron chi connectivity index (χ0n) is 21.8. The molecule has 2 aromatic heterocycles. The molecule has 0 fully saturated rings. The lowest BCUT2D eigenvalue weighted by Crippen LogP contribution is -2.49. The smallest absolute Gasteiger partial charge is 0.521 e. The fraction of sp³-hybridized carbons (Fsp3) is 0. The average molecular weight is 525 g/mol. The third-order valence-electron chi connectivity index (χ3n) is 8.66. The normalized spacial score (nSPS) is 13.2. The summed E-state index contributed by atoms with van der Waals surface area (Å²) < 4.78 is 21.8. The summed E-state index contributed by atoms with van der Waals surface area (Å²) in [5.41, 5.74) is 10.5. The van der Waals surface area contributed by atoms with Crippen LogP contribution in [0.3, 0.4) is 0 Å². The van der Waals surface area contributed by atoms with Crippen molar-refractivity contribution in [3.05, 3.63) is 121 Å². The van der Waals surface area contributed by atoms with E-state index in [0.717, 1.165) is 77.9 Å². The van der Waals surface area contributed by atoms with Crippen molar-refractivity contribution in [2.24, 2.45) is 0 Å². The summed E-state index contributed by atoms with van der Waals surface area (Å²) in [5.74, 6) is 1.66. The second kappa shape index (κ2) is 7.61. The van der Waals surface area contributed by atoms with Gasteiger partial charge in [0, 0.05) is 43.8 Å². The van der Waals surface area contributed by atoms with Crippen LogP contribution in [0.2, 0.25) is 0 Å². The molecule has 6 aromatic carbocycles. The van der Waals surface area contributed by atoms with E-state index in [9.17, 15) is 0 Å². The van der Waals surface area contributed by atoms with Gasteiger partial charge in [0.25, 0.3) is 0 Å². The number of hydrogen-bond acceptors (Lipinski definition) is 3. The zero-order valence-corrected chi connectivity index (χ0v) is 21.8. The van der Waals surface area contributed by atoms with E-state index < -0.39 is 7.12 Å². The Morgan fingerprint density at radius 3 is 1.88 bits per heavy atom. The molecule has 0 N–H and O–H groups in total. The molecule has 0 aliphatic carbocycles. The second-order valence-corrected chi connectivity index (χ2v) is 10.8. The molecule has 190 valence electrons. The van der Waals surface area contributed by atoms with Crippen LogP contribution >= 0.6 is 0 Å². The topological polar surface area (TPSA) is 36.5 Å². The summed E-state index contributed by atoms with van der Waals surface area (Å²) in [6.07, 6.45) is 0. The summed E-state index contributed by atoms with van der Waals surface area (Å²) in [6, 6.07) is 42.4. The van der Waals surface area contributed by atoms with E-state index in [2.05, 4.69) is 89.5 Å². The third kappa shape index (κ3) is 2.75. The van der Waals surface area contributed by atoms with Gasteiger partial charge in [-0.3, -0.25) is 0 Å². The highest BCUT2D eigenvalue weighted by Gasteiger charge is 2.41. The van der Waals surface area contributed by atoms with Crippen LogP contribution in [-0.2, 0) is 0 Å². The van der Waals surface area contributed by atoms with Crippen LogP contribution in [0.4, 0.5) is 0 Å². The van der Waals surface area contributed by atoms with Crippen molar-refractivity contribution in [2.75, 3.05) is 0 Å². The lowest BCUT2D eigenvalue weighted by molar-refractivity contribution is 0.436. The van der Waals surface area contributed by atoms with Crippen LogP contribution in [0.15, 0.2) is 126 Å². The van der Waals surface area contributed by atoms with E-state index in [1.165, 1.54) is 10.8 Å². The molecule has 4 nitrogen and oxygen atoms in total. The first-order chi connectivity index (χ1) is 20.3. The van der Waals surface area contributed by atoms with Gasteiger partial charge in [0.1, 0.15) is 17.1 Å². The van der Waals surface area contributed by atoms with Crippen LogP contribution in [0, 0.1) is 0 Å². The molecule has 0 spiro atoms. The maximum absolute atomic E-state index is 6.61. The fourth-order valence-electron chi connectivity index (χ4n) is 6.92. The third-order valence-corrected chi connectivity index (χ3v) is 8.66. The predicted octanol–water partition coefficient (Wildman–Crippen LogP) is 8.50. The van der Waals surface area contributed by atoms with E-state index in [0.29, 0.717) is 0 Å². The van der Waals surface area contributed by atoms with Gasteiger partial charge in [0.05, 0.1) is 11.0 Å². The molecule has 0 radical (unpaired) electrons. The lowest BCUT2D eigenvalue weighted by Gasteiger charge is -2.32. The van der Waals surface area contributed by atoms with Gasteiger partial charge in [-0.1, -0.05) is 78.9 Å². The highest BCUT2D eigenvalue weighted by Crippen LogP contribution is 2.45. The molecule has 0 bridgehead atoms. The Bertz CT molecular complexity index is 2330. The van der Waals surface area contributed by atoms with Crippen LogP contribution in [0.5, 0.6) is 11.5 Å². The summed E-state index contributed by atoms with van der Waals surface area (Å²) in [4.78, 5) is 0. The van der Waals surface area contributed by atoms with Gasteiger partial charge < -0.3 is 18.3 Å². The first-order valence-electron chi connectivity index (χ1n) is 13.9. The van der Waals surface area contributed by atoms with Gasteiger partial charge in [-0.15, -0.1) is 0 Å². The van der Waals surface area contributed by atoms with Gasteiger partial charge in [0.2, 0.25) is 0 Å². The molecule has 0 amide bonds. The number of fused-ring (bicyclic) bond motifs is 11. The Morgan fingerprint density at radius 2 is 1.12 bits per heavy atom.